The zero-order valence-electron chi connectivity index (χ0n) is 18.8. The maximum atomic E-state index is 13.0. The van der Waals surface area contributed by atoms with Crippen LogP contribution in [0.4, 0.5) is 5.69 Å². The van der Waals surface area contributed by atoms with E-state index in [1.807, 2.05) is 43.3 Å². The van der Waals surface area contributed by atoms with Crippen molar-refractivity contribution in [3.8, 4) is 22.9 Å². The maximum absolute atomic E-state index is 13.0. The van der Waals surface area contributed by atoms with E-state index in [9.17, 15) is 4.79 Å². The van der Waals surface area contributed by atoms with E-state index >= 15 is 0 Å². The quantitative estimate of drug-likeness (QED) is 0.369. The van der Waals surface area contributed by atoms with Gasteiger partial charge in [-0.2, -0.15) is 5.10 Å². The molecule has 2 aromatic heterocycles. The minimum atomic E-state index is -0.243. The minimum absolute atomic E-state index is 0.243. The number of hydrogen-bond acceptors (Lipinski definition) is 6. The number of amides is 1. The van der Waals surface area contributed by atoms with E-state index in [0.717, 1.165) is 29.8 Å². The van der Waals surface area contributed by atoms with Gasteiger partial charge in [-0.05, 0) is 67.8 Å². The summed E-state index contributed by atoms with van der Waals surface area (Å²) in [7, 11) is 0. The van der Waals surface area contributed by atoms with Crippen LogP contribution in [0.5, 0.6) is 11.5 Å². The van der Waals surface area contributed by atoms with Crippen molar-refractivity contribution in [2.24, 2.45) is 0 Å². The molecule has 0 bridgehead atoms. The number of carbonyl (C=O) groups is 1. The zero-order chi connectivity index (χ0) is 23.3. The number of ether oxygens (including phenoxy) is 2. The molecule has 0 unspecified atom stereocenters. The summed E-state index contributed by atoms with van der Waals surface area (Å²) >= 11 is 0. The van der Waals surface area contributed by atoms with Crippen LogP contribution in [0.15, 0.2) is 67.0 Å². The number of nitrogens with one attached hydrogen (secondary N) is 2. The fraction of sp³-hybridized carbons (Fsp3) is 0.231. The first-order valence-electron chi connectivity index (χ1n) is 11.3. The van der Waals surface area contributed by atoms with Gasteiger partial charge in [0.05, 0.1) is 6.61 Å². The van der Waals surface area contributed by atoms with Crippen LogP contribution in [0.25, 0.3) is 11.4 Å². The molecule has 1 aliphatic rings. The van der Waals surface area contributed by atoms with Gasteiger partial charge in [0.2, 0.25) is 0 Å². The van der Waals surface area contributed by atoms with Gasteiger partial charge in [-0.3, -0.25) is 14.9 Å². The molecule has 0 aliphatic heterocycles. The number of carbonyl (C=O) groups excluding carboxylic acids is 1. The van der Waals surface area contributed by atoms with E-state index in [0.29, 0.717) is 47.7 Å². The lowest BCUT2D eigenvalue weighted by atomic mass is 10.1. The standard InChI is InChI=1S/C26H25N5O3/c1-2-33-23-15-20(8-9-22(23)34-16-17-10-12-27-13-11-17)26(32)28-21-5-3-4-19(14-21)25-29-24(30-31-25)18-6-7-18/h3-5,8-15,18H,2,6-7,16H2,1H3,(H,28,32)(H,29,30,31). The van der Waals surface area contributed by atoms with Gasteiger partial charge in [-0.25, -0.2) is 4.98 Å². The number of anilines is 1. The molecule has 0 radical (unpaired) electrons. The summed E-state index contributed by atoms with van der Waals surface area (Å²) < 4.78 is 11.6. The van der Waals surface area contributed by atoms with Gasteiger partial charge in [-0.15, -0.1) is 0 Å². The summed E-state index contributed by atoms with van der Waals surface area (Å²) in [5.41, 5.74) is 2.97. The molecule has 8 heteroatoms. The van der Waals surface area contributed by atoms with E-state index in [2.05, 4.69) is 25.5 Å². The summed E-state index contributed by atoms with van der Waals surface area (Å²) in [5.74, 6) is 2.92. The maximum Gasteiger partial charge on any atom is 0.255 e. The van der Waals surface area contributed by atoms with E-state index in [4.69, 9.17) is 9.47 Å². The Labute approximate surface area is 197 Å². The van der Waals surface area contributed by atoms with Gasteiger partial charge in [0.15, 0.2) is 17.3 Å². The monoisotopic (exact) mass is 455 g/mol. The van der Waals surface area contributed by atoms with E-state index < -0.39 is 0 Å². The molecule has 0 spiro atoms. The van der Waals surface area contributed by atoms with E-state index in [-0.39, 0.29) is 5.91 Å². The Balaban J connectivity index is 1.29. The van der Waals surface area contributed by atoms with Crippen molar-refractivity contribution in [2.75, 3.05) is 11.9 Å². The van der Waals surface area contributed by atoms with Crippen molar-refractivity contribution < 1.29 is 14.3 Å². The highest BCUT2D eigenvalue weighted by molar-refractivity contribution is 6.04. The molecule has 0 atom stereocenters. The molecule has 4 aromatic rings. The van der Waals surface area contributed by atoms with Gasteiger partial charge in [0.25, 0.3) is 5.91 Å². The second-order valence-corrected chi connectivity index (χ2v) is 8.09. The van der Waals surface area contributed by atoms with Crippen molar-refractivity contribution in [1.29, 1.82) is 0 Å². The summed E-state index contributed by atoms with van der Waals surface area (Å²) in [6, 6.07) is 16.5. The van der Waals surface area contributed by atoms with Crippen LogP contribution in [-0.2, 0) is 6.61 Å². The number of aromatic amines is 1. The molecule has 5 rings (SSSR count). The molecule has 2 heterocycles. The average Bonchev–Trinajstić information content (AvgIpc) is 3.60. The predicted molar refractivity (Wildman–Crippen MR) is 128 cm³/mol. The summed E-state index contributed by atoms with van der Waals surface area (Å²) in [5, 5.41) is 10.3. The predicted octanol–water partition coefficient (Wildman–Crippen LogP) is 4.97. The molecule has 1 fully saturated rings. The molecule has 172 valence electrons. The third-order valence-corrected chi connectivity index (χ3v) is 5.49. The third kappa shape index (κ3) is 5.06. The molecular formula is C26H25N5O3. The largest absolute Gasteiger partial charge is 0.490 e. The second kappa shape index (κ2) is 9.74. The van der Waals surface area contributed by atoms with Crippen molar-refractivity contribution >= 4 is 11.6 Å². The molecule has 2 N–H and O–H groups in total. The zero-order valence-corrected chi connectivity index (χ0v) is 18.8. The highest BCUT2D eigenvalue weighted by atomic mass is 16.5. The van der Waals surface area contributed by atoms with Crippen molar-refractivity contribution in [3.05, 3.63) is 83.9 Å². The third-order valence-electron chi connectivity index (χ3n) is 5.49. The molecule has 8 nitrogen and oxygen atoms in total. The van der Waals surface area contributed by atoms with E-state index in [1.165, 1.54) is 0 Å². The molecule has 1 amide bonds. The van der Waals surface area contributed by atoms with Crippen LogP contribution < -0.4 is 14.8 Å². The molecule has 2 aromatic carbocycles. The van der Waals surface area contributed by atoms with Crippen LogP contribution in [0.3, 0.4) is 0 Å². The first-order valence-corrected chi connectivity index (χ1v) is 11.3. The van der Waals surface area contributed by atoms with Crippen molar-refractivity contribution in [2.45, 2.75) is 32.3 Å². The van der Waals surface area contributed by atoms with Crippen LogP contribution in [0, 0.1) is 0 Å². The Morgan fingerprint density at radius 3 is 2.71 bits per heavy atom. The van der Waals surface area contributed by atoms with E-state index in [1.54, 1.807) is 30.6 Å². The normalized spacial score (nSPS) is 12.9. The summed E-state index contributed by atoms with van der Waals surface area (Å²) in [6.45, 7) is 2.73. The number of aromatic nitrogens is 4. The second-order valence-electron chi connectivity index (χ2n) is 8.09. The number of benzene rings is 2. The smallest absolute Gasteiger partial charge is 0.255 e. The summed E-state index contributed by atoms with van der Waals surface area (Å²) in [4.78, 5) is 21.6. The molecule has 34 heavy (non-hydrogen) atoms. The lowest BCUT2D eigenvalue weighted by Crippen LogP contribution is -2.12. The number of nitrogens with zero attached hydrogens (tertiary/aromatic N) is 3. The highest BCUT2D eigenvalue weighted by Gasteiger charge is 2.27. The van der Waals surface area contributed by atoms with Crippen LogP contribution >= 0.6 is 0 Å². The van der Waals surface area contributed by atoms with Crippen LogP contribution in [-0.4, -0.2) is 32.7 Å². The van der Waals surface area contributed by atoms with Gasteiger partial charge in [0.1, 0.15) is 12.4 Å². The Morgan fingerprint density at radius 2 is 1.91 bits per heavy atom. The molecular weight excluding hydrogens is 430 g/mol. The minimum Gasteiger partial charge on any atom is -0.490 e. The highest BCUT2D eigenvalue weighted by Crippen LogP contribution is 2.38. The number of H-pyrrole nitrogens is 1. The Hall–Kier alpha value is -4.20. The van der Waals surface area contributed by atoms with Crippen molar-refractivity contribution in [3.63, 3.8) is 0 Å². The van der Waals surface area contributed by atoms with Crippen molar-refractivity contribution in [1.82, 2.24) is 20.2 Å². The Bertz CT molecular complexity index is 1280. The fourth-order valence-corrected chi connectivity index (χ4v) is 3.56. The van der Waals surface area contributed by atoms with Crippen LogP contribution in [0.2, 0.25) is 0 Å². The average molecular weight is 456 g/mol. The molecule has 0 saturated heterocycles. The molecule has 1 aliphatic carbocycles. The van der Waals surface area contributed by atoms with Gasteiger partial charge in [0, 0.05) is 35.1 Å². The topological polar surface area (TPSA) is 102 Å². The fourth-order valence-electron chi connectivity index (χ4n) is 3.56. The van der Waals surface area contributed by atoms with Crippen LogP contribution in [0.1, 0.15) is 47.4 Å². The Kier molecular flexibility index (Phi) is 6.20. The first-order chi connectivity index (χ1) is 16.7. The van der Waals surface area contributed by atoms with Gasteiger partial charge < -0.3 is 14.8 Å². The first kappa shape index (κ1) is 21.6. The number of pyridine rings is 1. The Morgan fingerprint density at radius 1 is 1.06 bits per heavy atom. The molecule has 1 saturated carbocycles. The summed E-state index contributed by atoms with van der Waals surface area (Å²) in [6.07, 6.45) is 5.75. The number of rotatable bonds is 9. The van der Waals surface area contributed by atoms with Gasteiger partial charge >= 0.3 is 0 Å². The van der Waals surface area contributed by atoms with Gasteiger partial charge in [-0.1, -0.05) is 12.1 Å². The lowest BCUT2D eigenvalue weighted by Gasteiger charge is -2.14. The lowest BCUT2D eigenvalue weighted by molar-refractivity contribution is 0.102. The SMILES string of the molecule is CCOc1cc(C(=O)Nc2cccc(-c3n[nH]c(C4CC4)n3)c2)ccc1OCc1ccncc1. The number of hydrogen-bond donors (Lipinski definition) is 2.